The molecule has 0 spiro atoms. The maximum Gasteiger partial charge on any atom is 0.222 e. The molecule has 4 heteroatoms. The minimum atomic E-state index is 0.426. The van der Waals surface area contributed by atoms with E-state index in [9.17, 15) is 0 Å². The summed E-state index contributed by atoms with van der Waals surface area (Å²) in [6.07, 6.45) is 6.25. The van der Waals surface area contributed by atoms with Gasteiger partial charge in [-0.15, -0.1) is 0 Å². The van der Waals surface area contributed by atoms with Crippen molar-refractivity contribution in [2.24, 2.45) is 5.92 Å². The summed E-state index contributed by atoms with van der Waals surface area (Å²) in [5.41, 5.74) is 1.09. The number of rotatable bonds is 3. The quantitative estimate of drug-likeness (QED) is 0.812. The van der Waals surface area contributed by atoms with Gasteiger partial charge >= 0.3 is 0 Å². The van der Waals surface area contributed by atoms with Gasteiger partial charge in [-0.05, 0) is 51.3 Å². The van der Waals surface area contributed by atoms with Crippen LogP contribution in [0, 0.1) is 12.8 Å². The molecule has 1 fully saturated rings. The number of hydrogen-bond donors (Lipinski definition) is 2. The van der Waals surface area contributed by atoms with Crippen LogP contribution >= 0.6 is 0 Å². The van der Waals surface area contributed by atoms with Crippen molar-refractivity contribution in [1.29, 1.82) is 0 Å². The van der Waals surface area contributed by atoms with Crippen LogP contribution in [0.4, 0.5) is 5.95 Å². The zero-order valence-corrected chi connectivity index (χ0v) is 10.0. The van der Waals surface area contributed by atoms with Crippen LogP contribution in [0.3, 0.4) is 0 Å². The Morgan fingerprint density at radius 3 is 2.81 bits per heavy atom. The van der Waals surface area contributed by atoms with E-state index in [2.05, 4.69) is 27.5 Å². The van der Waals surface area contributed by atoms with Crippen molar-refractivity contribution in [3.05, 3.63) is 18.0 Å². The number of nitrogens with one attached hydrogen (secondary N) is 2. The molecule has 0 aromatic carbocycles. The van der Waals surface area contributed by atoms with Crippen molar-refractivity contribution < 1.29 is 0 Å². The highest BCUT2D eigenvalue weighted by molar-refractivity contribution is 5.26. The Labute approximate surface area is 96.9 Å². The highest BCUT2D eigenvalue weighted by atomic mass is 15.1. The predicted molar refractivity (Wildman–Crippen MR) is 65.4 cm³/mol. The SMILES string of the molecule is Cc1cnc(NC(C)C2CCCNC2)nc1. The molecule has 88 valence electrons. The molecule has 2 rings (SSSR count). The van der Waals surface area contributed by atoms with Gasteiger partial charge in [-0.1, -0.05) is 0 Å². The minimum absolute atomic E-state index is 0.426. The van der Waals surface area contributed by atoms with Gasteiger partial charge in [0.15, 0.2) is 0 Å². The Bertz CT molecular complexity index is 316. The maximum absolute atomic E-state index is 4.27. The molecule has 0 saturated carbocycles. The second-order valence-corrected chi connectivity index (χ2v) is 4.62. The third kappa shape index (κ3) is 2.92. The summed E-state index contributed by atoms with van der Waals surface area (Å²) in [6.45, 7) is 6.46. The third-order valence-corrected chi connectivity index (χ3v) is 3.18. The van der Waals surface area contributed by atoms with Crippen LogP contribution < -0.4 is 10.6 Å². The van der Waals surface area contributed by atoms with E-state index in [-0.39, 0.29) is 0 Å². The molecule has 0 radical (unpaired) electrons. The molecule has 0 amide bonds. The van der Waals surface area contributed by atoms with Crippen molar-refractivity contribution >= 4 is 5.95 Å². The van der Waals surface area contributed by atoms with Crippen molar-refractivity contribution in [3.8, 4) is 0 Å². The van der Waals surface area contributed by atoms with Crippen molar-refractivity contribution in [2.75, 3.05) is 18.4 Å². The van der Waals surface area contributed by atoms with Gasteiger partial charge in [0.05, 0.1) is 0 Å². The molecule has 2 unspecified atom stereocenters. The first-order valence-electron chi connectivity index (χ1n) is 6.01. The van der Waals surface area contributed by atoms with Crippen LogP contribution in [0.15, 0.2) is 12.4 Å². The van der Waals surface area contributed by atoms with Crippen molar-refractivity contribution in [3.63, 3.8) is 0 Å². The van der Waals surface area contributed by atoms with Crippen LogP contribution in [0.1, 0.15) is 25.3 Å². The Balaban J connectivity index is 1.90. The van der Waals surface area contributed by atoms with Crippen LogP contribution in [0.5, 0.6) is 0 Å². The Morgan fingerprint density at radius 1 is 1.44 bits per heavy atom. The maximum atomic E-state index is 4.27. The molecule has 1 aliphatic rings. The second-order valence-electron chi connectivity index (χ2n) is 4.62. The van der Waals surface area contributed by atoms with E-state index in [0.29, 0.717) is 12.0 Å². The molecule has 1 aromatic rings. The lowest BCUT2D eigenvalue weighted by Gasteiger charge is -2.28. The topological polar surface area (TPSA) is 49.8 Å². The Morgan fingerprint density at radius 2 is 2.19 bits per heavy atom. The van der Waals surface area contributed by atoms with Gasteiger partial charge in [0, 0.05) is 18.4 Å². The van der Waals surface area contributed by atoms with E-state index in [1.807, 2.05) is 19.3 Å². The van der Waals surface area contributed by atoms with Crippen molar-refractivity contribution in [2.45, 2.75) is 32.7 Å². The van der Waals surface area contributed by atoms with E-state index in [1.54, 1.807) is 0 Å². The first-order valence-corrected chi connectivity index (χ1v) is 6.01. The standard InChI is InChI=1S/C12H20N4/c1-9-6-14-12(15-7-9)16-10(2)11-4-3-5-13-8-11/h6-7,10-11,13H,3-5,8H2,1-2H3,(H,14,15,16). The fraction of sp³-hybridized carbons (Fsp3) is 0.667. The molecule has 4 nitrogen and oxygen atoms in total. The summed E-state index contributed by atoms with van der Waals surface area (Å²) in [4.78, 5) is 8.54. The number of piperidine rings is 1. The average molecular weight is 220 g/mol. The van der Waals surface area contributed by atoms with Crippen LogP contribution in [-0.4, -0.2) is 29.1 Å². The normalized spacial score (nSPS) is 22.8. The van der Waals surface area contributed by atoms with Gasteiger partial charge in [0.2, 0.25) is 5.95 Å². The molecule has 2 atom stereocenters. The van der Waals surface area contributed by atoms with Gasteiger partial charge in [-0.3, -0.25) is 0 Å². The van der Waals surface area contributed by atoms with E-state index in [4.69, 9.17) is 0 Å². The molecule has 1 aliphatic heterocycles. The number of nitrogens with zero attached hydrogens (tertiary/aromatic N) is 2. The molecule has 1 aromatic heterocycles. The summed E-state index contributed by atoms with van der Waals surface area (Å²) in [5.74, 6) is 1.42. The number of aryl methyl sites for hydroxylation is 1. The molecule has 2 N–H and O–H groups in total. The molecule has 2 heterocycles. The van der Waals surface area contributed by atoms with Gasteiger partial charge in [0.25, 0.3) is 0 Å². The highest BCUT2D eigenvalue weighted by Crippen LogP contribution is 2.16. The minimum Gasteiger partial charge on any atom is -0.351 e. The molecular weight excluding hydrogens is 200 g/mol. The largest absolute Gasteiger partial charge is 0.351 e. The van der Waals surface area contributed by atoms with Crippen LogP contribution in [-0.2, 0) is 0 Å². The zero-order valence-electron chi connectivity index (χ0n) is 10.0. The Hall–Kier alpha value is -1.16. The molecular formula is C12H20N4. The van der Waals surface area contributed by atoms with Gasteiger partial charge < -0.3 is 10.6 Å². The fourth-order valence-electron chi connectivity index (χ4n) is 2.09. The second kappa shape index (κ2) is 5.25. The summed E-state index contributed by atoms with van der Waals surface area (Å²) < 4.78 is 0. The lowest BCUT2D eigenvalue weighted by Crippen LogP contribution is -2.39. The first kappa shape index (κ1) is 11.3. The van der Waals surface area contributed by atoms with Crippen LogP contribution in [0.2, 0.25) is 0 Å². The number of anilines is 1. The van der Waals surface area contributed by atoms with Gasteiger partial charge in [0.1, 0.15) is 0 Å². The molecule has 0 aliphatic carbocycles. The summed E-state index contributed by atoms with van der Waals surface area (Å²) in [7, 11) is 0. The predicted octanol–water partition coefficient (Wildman–Crippen LogP) is 1.59. The zero-order chi connectivity index (χ0) is 11.4. The Kier molecular flexibility index (Phi) is 3.72. The van der Waals surface area contributed by atoms with E-state index >= 15 is 0 Å². The molecule has 1 saturated heterocycles. The monoisotopic (exact) mass is 220 g/mol. The number of aromatic nitrogens is 2. The average Bonchev–Trinajstić information content (AvgIpc) is 2.33. The lowest BCUT2D eigenvalue weighted by molar-refractivity contribution is 0.346. The summed E-state index contributed by atoms with van der Waals surface area (Å²) in [6, 6.07) is 0.426. The highest BCUT2D eigenvalue weighted by Gasteiger charge is 2.19. The van der Waals surface area contributed by atoms with Gasteiger partial charge in [-0.25, -0.2) is 9.97 Å². The third-order valence-electron chi connectivity index (χ3n) is 3.18. The fourth-order valence-corrected chi connectivity index (χ4v) is 2.09. The summed E-state index contributed by atoms with van der Waals surface area (Å²) >= 11 is 0. The van der Waals surface area contributed by atoms with E-state index < -0.39 is 0 Å². The van der Waals surface area contributed by atoms with Crippen molar-refractivity contribution in [1.82, 2.24) is 15.3 Å². The molecule has 16 heavy (non-hydrogen) atoms. The van der Waals surface area contributed by atoms with Gasteiger partial charge in [-0.2, -0.15) is 0 Å². The summed E-state index contributed by atoms with van der Waals surface area (Å²) in [5, 5.41) is 6.81. The smallest absolute Gasteiger partial charge is 0.222 e. The van der Waals surface area contributed by atoms with E-state index in [1.165, 1.54) is 12.8 Å². The number of hydrogen-bond acceptors (Lipinski definition) is 4. The molecule has 0 bridgehead atoms. The van der Waals surface area contributed by atoms with Crippen LogP contribution in [0.25, 0.3) is 0 Å². The lowest BCUT2D eigenvalue weighted by atomic mass is 9.93. The first-order chi connectivity index (χ1) is 7.75. The van der Waals surface area contributed by atoms with E-state index in [0.717, 1.165) is 24.6 Å².